The van der Waals surface area contributed by atoms with Crippen molar-refractivity contribution in [2.24, 2.45) is 0 Å². The van der Waals surface area contributed by atoms with E-state index in [0.29, 0.717) is 5.30 Å². The fourth-order valence-corrected chi connectivity index (χ4v) is 1.47. The molecule has 2 nitrogen and oxygen atoms in total. The Morgan fingerprint density at radius 1 is 1.36 bits per heavy atom. The van der Waals surface area contributed by atoms with Crippen molar-refractivity contribution in [3.05, 3.63) is 29.8 Å². The monoisotopic (exact) mass is 246 g/mol. The standard InChI is InChI=1S/C7H9O2P.Zr/c1-6-4-2-3-5-7(6)10(8)9;/h2-5,10H,1H3,(H,8,9);. The fourth-order valence-electron chi connectivity index (χ4n) is 0.813. The van der Waals surface area contributed by atoms with Gasteiger partial charge in [0.25, 0.3) is 0 Å². The molecule has 4 heteroatoms. The molecule has 1 aromatic rings. The molecule has 0 saturated carbocycles. The minimum absolute atomic E-state index is 0. The van der Waals surface area contributed by atoms with Crippen LogP contribution in [0.4, 0.5) is 0 Å². The first-order valence-electron chi connectivity index (χ1n) is 3.01. The maximum absolute atomic E-state index is 10.6. The maximum atomic E-state index is 10.6. The van der Waals surface area contributed by atoms with Gasteiger partial charge in [-0.05, 0) is 18.6 Å². The van der Waals surface area contributed by atoms with E-state index < -0.39 is 8.03 Å². The summed E-state index contributed by atoms with van der Waals surface area (Å²) in [7, 11) is -2.49. The number of hydrogen-bond acceptors (Lipinski definition) is 1. The normalized spacial score (nSPS) is 11.8. The molecule has 11 heavy (non-hydrogen) atoms. The van der Waals surface area contributed by atoms with Gasteiger partial charge in [-0.15, -0.1) is 0 Å². The predicted octanol–water partition coefficient (Wildman–Crippen LogP) is 1.08. The minimum atomic E-state index is -2.49. The first kappa shape index (κ1) is 11.3. The molecule has 0 aliphatic carbocycles. The topological polar surface area (TPSA) is 37.3 Å². The van der Waals surface area contributed by atoms with Gasteiger partial charge >= 0.3 is 0 Å². The molecule has 1 aromatic carbocycles. The van der Waals surface area contributed by atoms with Gasteiger partial charge in [0.15, 0.2) is 0 Å². The Morgan fingerprint density at radius 3 is 2.27 bits per heavy atom. The summed E-state index contributed by atoms with van der Waals surface area (Å²) in [5.41, 5.74) is 0.883. The van der Waals surface area contributed by atoms with Gasteiger partial charge in [0.1, 0.15) is 0 Å². The van der Waals surface area contributed by atoms with Crippen molar-refractivity contribution in [2.75, 3.05) is 0 Å². The van der Waals surface area contributed by atoms with Crippen LogP contribution in [0.3, 0.4) is 0 Å². The fraction of sp³-hybridized carbons (Fsp3) is 0.143. The third kappa shape index (κ3) is 3.03. The molecule has 0 amide bonds. The molecule has 1 N–H and O–H groups in total. The van der Waals surface area contributed by atoms with Gasteiger partial charge in [-0.2, -0.15) is 0 Å². The molecule has 0 aliphatic heterocycles. The van der Waals surface area contributed by atoms with E-state index in [1.54, 1.807) is 12.1 Å². The smallest absolute Gasteiger partial charge is 0.218 e. The molecular weight excluding hydrogens is 238 g/mol. The van der Waals surface area contributed by atoms with Crippen molar-refractivity contribution >= 4 is 13.3 Å². The van der Waals surface area contributed by atoms with Crippen LogP contribution in [0.5, 0.6) is 0 Å². The largest absolute Gasteiger partial charge is 0.343 e. The second-order valence-corrected chi connectivity index (χ2v) is 3.27. The van der Waals surface area contributed by atoms with E-state index in [2.05, 4.69) is 0 Å². The van der Waals surface area contributed by atoms with Gasteiger partial charge in [0.2, 0.25) is 8.03 Å². The van der Waals surface area contributed by atoms with Crippen molar-refractivity contribution in [3.8, 4) is 0 Å². The third-order valence-electron chi connectivity index (χ3n) is 1.38. The molecule has 0 radical (unpaired) electrons. The second-order valence-electron chi connectivity index (χ2n) is 2.12. The van der Waals surface area contributed by atoms with Crippen molar-refractivity contribution < 1.29 is 35.7 Å². The van der Waals surface area contributed by atoms with E-state index >= 15 is 0 Å². The Balaban J connectivity index is 0.000001000. The average Bonchev–Trinajstić information content (AvgIpc) is 1.88. The molecule has 0 saturated heterocycles. The van der Waals surface area contributed by atoms with E-state index in [-0.39, 0.29) is 26.2 Å². The molecule has 0 spiro atoms. The summed E-state index contributed by atoms with van der Waals surface area (Å²) in [6.07, 6.45) is 0. The van der Waals surface area contributed by atoms with Crippen molar-refractivity contribution in [1.29, 1.82) is 0 Å². The van der Waals surface area contributed by atoms with Crippen LogP contribution in [0.2, 0.25) is 0 Å². The van der Waals surface area contributed by atoms with Gasteiger partial charge in [0, 0.05) is 31.5 Å². The summed E-state index contributed by atoms with van der Waals surface area (Å²) in [6, 6.07) is 7.12. The van der Waals surface area contributed by atoms with Crippen LogP contribution in [0.1, 0.15) is 5.56 Å². The Labute approximate surface area is 85.6 Å². The molecule has 1 atom stereocenters. The molecular formula is C7H9O2PZr. The molecule has 0 heterocycles. The van der Waals surface area contributed by atoms with E-state index in [1.165, 1.54) is 0 Å². The molecule has 1 rings (SSSR count). The Morgan fingerprint density at radius 2 is 1.91 bits per heavy atom. The average molecular weight is 247 g/mol. The number of rotatable bonds is 1. The summed E-state index contributed by atoms with van der Waals surface area (Å²) in [5, 5.41) is 0.563. The van der Waals surface area contributed by atoms with Gasteiger partial charge in [-0.25, -0.2) is 0 Å². The molecule has 0 fully saturated rings. The molecule has 1 unspecified atom stereocenters. The Kier molecular flexibility index (Phi) is 5.16. The van der Waals surface area contributed by atoms with E-state index in [0.717, 1.165) is 5.56 Å². The van der Waals surface area contributed by atoms with Crippen molar-refractivity contribution in [1.82, 2.24) is 0 Å². The molecule has 0 aromatic heterocycles. The quantitative estimate of drug-likeness (QED) is 0.754. The molecule has 0 bridgehead atoms. The third-order valence-corrected chi connectivity index (χ3v) is 2.40. The van der Waals surface area contributed by atoms with Gasteiger partial charge in [-0.1, -0.05) is 18.2 Å². The Hall–Kier alpha value is 0.293. The zero-order valence-corrected chi connectivity index (χ0v) is 9.62. The zero-order valence-electron chi connectivity index (χ0n) is 6.16. The van der Waals surface area contributed by atoms with Gasteiger partial charge < -0.3 is 4.89 Å². The van der Waals surface area contributed by atoms with Crippen LogP contribution >= 0.6 is 8.03 Å². The van der Waals surface area contributed by atoms with E-state index in [9.17, 15) is 4.57 Å². The van der Waals surface area contributed by atoms with E-state index in [1.807, 2.05) is 19.1 Å². The number of hydrogen-bond donors (Lipinski definition) is 1. The van der Waals surface area contributed by atoms with Crippen LogP contribution in [-0.4, -0.2) is 4.89 Å². The van der Waals surface area contributed by atoms with Crippen LogP contribution in [0.25, 0.3) is 0 Å². The Bertz CT molecular complexity index is 262. The van der Waals surface area contributed by atoms with Crippen molar-refractivity contribution in [3.63, 3.8) is 0 Å². The number of aryl methyl sites for hydroxylation is 1. The maximum Gasteiger partial charge on any atom is 0.218 e. The first-order chi connectivity index (χ1) is 4.72. The minimum Gasteiger partial charge on any atom is -0.343 e. The van der Waals surface area contributed by atoms with Crippen LogP contribution in [0.15, 0.2) is 24.3 Å². The van der Waals surface area contributed by atoms with Crippen LogP contribution in [-0.2, 0) is 30.8 Å². The first-order valence-corrected chi connectivity index (χ1v) is 4.36. The SMILES string of the molecule is Cc1ccccc1[PH](=O)O.[Zr]. The van der Waals surface area contributed by atoms with Crippen molar-refractivity contribution in [2.45, 2.75) is 6.92 Å². The van der Waals surface area contributed by atoms with Crippen LogP contribution < -0.4 is 5.30 Å². The summed E-state index contributed by atoms with van der Waals surface area (Å²) < 4.78 is 10.6. The summed E-state index contributed by atoms with van der Waals surface area (Å²) in [5.74, 6) is 0. The van der Waals surface area contributed by atoms with Gasteiger partial charge in [0.05, 0.1) is 0 Å². The summed E-state index contributed by atoms with van der Waals surface area (Å²) in [6.45, 7) is 1.83. The predicted molar refractivity (Wildman–Crippen MR) is 42.0 cm³/mol. The second kappa shape index (κ2) is 5.03. The molecule has 0 aliphatic rings. The van der Waals surface area contributed by atoms with Crippen LogP contribution in [0, 0.1) is 6.92 Å². The van der Waals surface area contributed by atoms with E-state index in [4.69, 9.17) is 4.89 Å². The van der Waals surface area contributed by atoms with Gasteiger partial charge in [-0.3, -0.25) is 4.57 Å². The number of benzene rings is 1. The zero-order chi connectivity index (χ0) is 7.56. The summed E-state index contributed by atoms with van der Waals surface area (Å²) >= 11 is 0. The summed E-state index contributed by atoms with van der Waals surface area (Å²) in [4.78, 5) is 8.75. The molecule has 58 valence electrons.